The third-order valence-electron chi connectivity index (χ3n) is 4.53. The maximum absolute atomic E-state index is 12.3. The smallest absolute Gasteiger partial charge is 0.233 e. The molecule has 2 aromatic rings. The summed E-state index contributed by atoms with van der Waals surface area (Å²) in [5, 5.41) is 9.29. The van der Waals surface area contributed by atoms with E-state index in [9.17, 15) is 4.79 Å². The number of thioether (sulfide) groups is 1. The quantitative estimate of drug-likeness (QED) is 0.696. The fraction of sp³-hybridized carbons (Fsp3) is 0.526. The van der Waals surface area contributed by atoms with Crippen molar-refractivity contribution in [2.45, 2.75) is 51.4 Å². The van der Waals surface area contributed by atoms with Gasteiger partial charge < -0.3 is 14.2 Å². The van der Waals surface area contributed by atoms with E-state index in [1.165, 1.54) is 23.7 Å². The van der Waals surface area contributed by atoms with Gasteiger partial charge in [-0.25, -0.2) is 0 Å². The number of ether oxygens (including phenoxy) is 1. The number of benzene rings is 1. The molecule has 0 radical (unpaired) electrons. The molecule has 26 heavy (non-hydrogen) atoms. The van der Waals surface area contributed by atoms with Crippen molar-refractivity contribution >= 4 is 17.7 Å². The van der Waals surface area contributed by atoms with Crippen molar-refractivity contribution in [3.63, 3.8) is 0 Å². The molecule has 1 fully saturated rings. The van der Waals surface area contributed by atoms with Crippen LogP contribution in [0.25, 0.3) is 0 Å². The van der Waals surface area contributed by atoms with Crippen LogP contribution in [0.5, 0.6) is 5.75 Å². The molecule has 1 saturated heterocycles. The Morgan fingerprint density at radius 2 is 1.88 bits per heavy atom. The SMILES string of the molecule is CCn1c(COc2ccc(C)cc2)nnc1SCC(=O)N1CCCCC1. The Bertz CT molecular complexity index is 724. The fourth-order valence-electron chi connectivity index (χ4n) is 2.99. The van der Waals surface area contributed by atoms with Crippen LogP contribution in [0.1, 0.15) is 37.6 Å². The minimum Gasteiger partial charge on any atom is -0.486 e. The van der Waals surface area contributed by atoms with E-state index in [0.717, 1.165) is 49.2 Å². The number of carbonyl (C=O) groups excluding carboxylic acids is 1. The van der Waals surface area contributed by atoms with Gasteiger partial charge in [0.25, 0.3) is 0 Å². The number of hydrogen-bond acceptors (Lipinski definition) is 5. The average molecular weight is 375 g/mol. The molecule has 140 valence electrons. The second kappa shape index (κ2) is 9.07. The molecule has 0 bridgehead atoms. The van der Waals surface area contributed by atoms with Crippen LogP contribution in [0.15, 0.2) is 29.4 Å². The lowest BCUT2D eigenvalue weighted by Gasteiger charge is -2.26. The van der Waals surface area contributed by atoms with Crippen LogP contribution in [0.4, 0.5) is 0 Å². The molecular formula is C19H26N4O2S. The Hall–Kier alpha value is -2.02. The maximum Gasteiger partial charge on any atom is 0.233 e. The molecule has 1 aromatic carbocycles. The molecule has 1 aromatic heterocycles. The number of amides is 1. The summed E-state index contributed by atoms with van der Waals surface area (Å²) in [5.74, 6) is 2.20. The van der Waals surface area contributed by atoms with Gasteiger partial charge in [-0.05, 0) is 45.2 Å². The maximum atomic E-state index is 12.3. The third-order valence-corrected chi connectivity index (χ3v) is 5.48. The summed E-state index contributed by atoms with van der Waals surface area (Å²) in [6, 6.07) is 7.95. The monoisotopic (exact) mass is 374 g/mol. The van der Waals surface area contributed by atoms with E-state index in [2.05, 4.69) is 17.1 Å². The van der Waals surface area contributed by atoms with Gasteiger partial charge in [-0.1, -0.05) is 29.5 Å². The minimum atomic E-state index is 0.192. The highest BCUT2D eigenvalue weighted by atomic mass is 32.2. The van der Waals surface area contributed by atoms with E-state index >= 15 is 0 Å². The summed E-state index contributed by atoms with van der Waals surface area (Å²) in [7, 11) is 0. The summed E-state index contributed by atoms with van der Waals surface area (Å²) in [6.45, 7) is 6.98. The van der Waals surface area contributed by atoms with E-state index in [1.54, 1.807) is 0 Å². The Kier molecular flexibility index (Phi) is 6.55. The molecule has 1 aliphatic rings. The normalized spacial score (nSPS) is 14.5. The zero-order chi connectivity index (χ0) is 18.4. The summed E-state index contributed by atoms with van der Waals surface area (Å²) in [5.41, 5.74) is 1.20. The van der Waals surface area contributed by atoms with Crippen molar-refractivity contribution in [1.82, 2.24) is 19.7 Å². The second-order valence-corrected chi connectivity index (χ2v) is 7.42. The Morgan fingerprint density at radius 1 is 1.15 bits per heavy atom. The summed E-state index contributed by atoms with van der Waals surface area (Å²) in [4.78, 5) is 14.3. The van der Waals surface area contributed by atoms with Crippen molar-refractivity contribution < 1.29 is 9.53 Å². The Balaban J connectivity index is 1.56. The number of likely N-dealkylation sites (tertiary alicyclic amines) is 1. The first kappa shape index (κ1) is 18.8. The van der Waals surface area contributed by atoms with Crippen molar-refractivity contribution in [2.75, 3.05) is 18.8 Å². The third kappa shape index (κ3) is 4.78. The van der Waals surface area contributed by atoms with E-state index in [4.69, 9.17) is 4.74 Å². The van der Waals surface area contributed by atoms with E-state index in [1.807, 2.05) is 40.7 Å². The van der Waals surface area contributed by atoms with Crippen molar-refractivity contribution in [3.05, 3.63) is 35.7 Å². The van der Waals surface area contributed by atoms with E-state index in [0.29, 0.717) is 12.4 Å². The van der Waals surface area contributed by atoms with Crippen LogP contribution in [0.3, 0.4) is 0 Å². The highest BCUT2D eigenvalue weighted by molar-refractivity contribution is 7.99. The number of carbonyl (C=O) groups is 1. The van der Waals surface area contributed by atoms with Crippen LogP contribution >= 0.6 is 11.8 Å². The molecule has 0 aliphatic carbocycles. The molecule has 1 aliphatic heterocycles. The van der Waals surface area contributed by atoms with Crippen LogP contribution in [-0.2, 0) is 17.9 Å². The first-order valence-electron chi connectivity index (χ1n) is 9.19. The van der Waals surface area contributed by atoms with Crippen LogP contribution in [0, 0.1) is 6.92 Å². The number of nitrogens with zero attached hydrogens (tertiary/aromatic N) is 4. The number of aromatic nitrogens is 3. The van der Waals surface area contributed by atoms with Crippen molar-refractivity contribution in [1.29, 1.82) is 0 Å². The lowest BCUT2D eigenvalue weighted by molar-refractivity contribution is -0.129. The van der Waals surface area contributed by atoms with Gasteiger partial charge in [0.05, 0.1) is 5.75 Å². The molecule has 0 spiro atoms. The van der Waals surface area contributed by atoms with Gasteiger partial charge in [-0.2, -0.15) is 0 Å². The van der Waals surface area contributed by atoms with Gasteiger partial charge in [-0.15, -0.1) is 10.2 Å². The van der Waals surface area contributed by atoms with Gasteiger partial charge in [-0.3, -0.25) is 4.79 Å². The predicted octanol–water partition coefficient (Wildman–Crippen LogP) is 3.29. The molecule has 7 heteroatoms. The average Bonchev–Trinajstić information content (AvgIpc) is 3.08. The molecule has 3 rings (SSSR count). The first-order valence-corrected chi connectivity index (χ1v) is 10.2. The zero-order valence-corrected chi connectivity index (χ0v) is 16.3. The van der Waals surface area contributed by atoms with Crippen molar-refractivity contribution in [2.24, 2.45) is 0 Å². The second-order valence-electron chi connectivity index (χ2n) is 6.47. The molecule has 0 N–H and O–H groups in total. The highest BCUT2D eigenvalue weighted by Crippen LogP contribution is 2.20. The number of hydrogen-bond donors (Lipinski definition) is 0. The lowest BCUT2D eigenvalue weighted by atomic mass is 10.1. The number of rotatable bonds is 7. The molecule has 2 heterocycles. The predicted molar refractivity (Wildman–Crippen MR) is 102 cm³/mol. The molecule has 0 saturated carbocycles. The zero-order valence-electron chi connectivity index (χ0n) is 15.5. The topological polar surface area (TPSA) is 60.2 Å². The number of aryl methyl sites for hydroxylation is 1. The van der Waals surface area contributed by atoms with Gasteiger partial charge in [0.15, 0.2) is 11.0 Å². The minimum absolute atomic E-state index is 0.192. The largest absolute Gasteiger partial charge is 0.486 e. The Morgan fingerprint density at radius 3 is 2.58 bits per heavy atom. The van der Waals surface area contributed by atoms with Crippen LogP contribution in [0.2, 0.25) is 0 Å². The van der Waals surface area contributed by atoms with Crippen LogP contribution in [-0.4, -0.2) is 44.4 Å². The van der Waals surface area contributed by atoms with E-state index in [-0.39, 0.29) is 5.91 Å². The highest BCUT2D eigenvalue weighted by Gasteiger charge is 2.19. The molecule has 1 amide bonds. The van der Waals surface area contributed by atoms with Gasteiger partial charge >= 0.3 is 0 Å². The molecule has 0 atom stereocenters. The first-order chi connectivity index (χ1) is 12.7. The molecule has 6 nitrogen and oxygen atoms in total. The molecular weight excluding hydrogens is 348 g/mol. The Labute approximate surface area is 158 Å². The lowest BCUT2D eigenvalue weighted by Crippen LogP contribution is -2.36. The van der Waals surface area contributed by atoms with Gasteiger partial charge in [0.2, 0.25) is 5.91 Å². The van der Waals surface area contributed by atoms with Gasteiger partial charge in [0.1, 0.15) is 12.4 Å². The standard InChI is InChI=1S/C19H26N4O2S/c1-3-23-17(13-25-16-9-7-15(2)8-10-16)20-21-19(23)26-14-18(24)22-11-5-4-6-12-22/h7-10H,3-6,11-14H2,1-2H3. The summed E-state index contributed by atoms with van der Waals surface area (Å²) in [6.07, 6.45) is 3.45. The number of piperidine rings is 1. The van der Waals surface area contributed by atoms with Crippen LogP contribution < -0.4 is 4.74 Å². The summed E-state index contributed by atoms with van der Waals surface area (Å²) >= 11 is 1.46. The fourth-order valence-corrected chi connectivity index (χ4v) is 3.92. The van der Waals surface area contributed by atoms with Gasteiger partial charge in [0, 0.05) is 19.6 Å². The van der Waals surface area contributed by atoms with E-state index < -0.39 is 0 Å². The van der Waals surface area contributed by atoms with Crippen molar-refractivity contribution in [3.8, 4) is 5.75 Å². The molecule has 0 unspecified atom stereocenters. The summed E-state index contributed by atoms with van der Waals surface area (Å²) < 4.78 is 7.83.